The molecule has 10 heteroatoms. The van der Waals surface area contributed by atoms with Crippen LogP contribution in [0.2, 0.25) is 0 Å². The Balaban J connectivity index is 1.21. The number of aliphatic hydroxyl groups excluding tert-OH is 1. The molecule has 1 aromatic heterocycles. The average Bonchev–Trinajstić information content (AvgIpc) is 2.98. The van der Waals surface area contributed by atoms with Gasteiger partial charge in [-0.3, -0.25) is 4.79 Å². The molecule has 4 atom stereocenters. The number of ether oxygens (including phenoxy) is 2. The molecule has 1 spiro atoms. The Bertz CT molecular complexity index is 1140. The molecule has 1 aliphatic carbocycles. The second-order valence-corrected chi connectivity index (χ2v) is 14.1. The summed E-state index contributed by atoms with van der Waals surface area (Å²) in [6.07, 6.45) is 10.5. The highest BCUT2D eigenvalue weighted by molar-refractivity contribution is 5.83. The number of rotatable bonds is 9. The molecule has 0 bridgehead atoms. The van der Waals surface area contributed by atoms with Crippen molar-refractivity contribution in [2.75, 3.05) is 39.3 Å². The summed E-state index contributed by atoms with van der Waals surface area (Å²) >= 11 is 0. The van der Waals surface area contributed by atoms with Crippen molar-refractivity contribution in [3.05, 3.63) is 36.0 Å². The quantitative estimate of drug-likeness (QED) is 0.372. The van der Waals surface area contributed by atoms with Gasteiger partial charge in [-0.05, 0) is 68.4 Å². The maximum atomic E-state index is 13.3. The summed E-state index contributed by atoms with van der Waals surface area (Å²) in [6.45, 7) is 13.3. The molecule has 0 radical (unpaired) electrons. The number of aromatic nitrogens is 1. The third kappa shape index (κ3) is 7.88. The van der Waals surface area contributed by atoms with Gasteiger partial charge in [0.25, 0.3) is 5.91 Å². The Morgan fingerprint density at radius 2 is 1.95 bits per heavy atom. The van der Waals surface area contributed by atoms with Crippen molar-refractivity contribution in [2.45, 2.75) is 108 Å². The highest BCUT2D eigenvalue weighted by Gasteiger charge is 2.46. The van der Waals surface area contributed by atoms with Gasteiger partial charge in [0.05, 0.1) is 25.3 Å². The van der Waals surface area contributed by atoms with Crippen LogP contribution in [0.1, 0.15) is 89.3 Å². The van der Waals surface area contributed by atoms with Gasteiger partial charge in [0, 0.05) is 50.4 Å². The van der Waals surface area contributed by atoms with E-state index in [1.165, 1.54) is 5.56 Å². The zero-order valence-corrected chi connectivity index (χ0v) is 26.3. The van der Waals surface area contributed by atoms with Crippen LogP contribution in [0.4, 0.5) is 4.79 Å². The number of nitrogens with one attached hydrogen (secondary N) is 2. The van der Waals surface area contributed by atoms with Crippen molar-refractivity contribution in [1.29, 1.82) is 0 Å². The topological polar surface area (TPSA) is 116 Å². The minimum atomic E-state index is -0.856. The Labute approximate surface area is 256 Å². The first-order valence-electron chi connectivity index (χ1n) is 16.2. The first kappa shape index (κ1) is 31.7. The van der Waals surface area contributed by atoms with E-state index in [1.54, 1.807) is 11.0 Å². The predicted octanol–water partition coefficient (Wildman–Crippen LogP) is 3.73. The van der Waals surface area contributed by atoms with E-state index in [-0.39, 0.29) is 42.1 Å². The number of hydrogen-bond donors (Lipinski definition) is 3. The molecule has 4 aliphatic rings. The number of nitrogens with zero attached hydrogens (tertiary/aromatic N) is 3. The van der Waals surface area contributed by atoms with E-state index in [0.717, 1.165) is 70.0 Å². The smallest absolute Gasteiger partial charge is 0.320 e. The molecule has 3 aliphatic heterocycles. The van der Waals surface area contributed by atoms with Crippen LogP contribution in [-0.4, -0.2) is 95.0 Å². The molecule has 10 nitrogen and oxygen atoms in total. The molecule has 4 heterocycles. The monoisotopic (exact) mass is 597 g/mol. The van der Waals surface area contributed by atoms with E-state index in [1.807, 2.05) is 11.1 Å². The fourth-order valence-corrected chi connectivity index (χ4v) is 6.79. The maximum Gasteiger partial charge on any atom is 0.320 e. The molecule has 5 rings (SSSR count). The zero-order valence-electron chi connectivity index (χ0n) is 26.3. The van der Waals surface area contributed by atoms with Crippen LogP contribution in [0.5, 0.6) is 5.88 Å². The SMILES string of the molecule is C=CC[C@H](NC(=O)C1CN(C(=O)N2CCCCC2)CCO1)[C@H](O)CN[C@H]1CC2(CCC2)Oc2ncc(CC(C)(C)C)cc21. The first-order chi connectivity index (χ1) is 20.6. The van der Waals surface area contributed by atoms with Gasteiger partial charge in [0.1, 0.15) is 5.60 Å². The summed E-state index contributed by atoms with van der Waals surface area (Å²) in [6, 6.07) is 1.62. The van der Waals surface area contributed by atoms with E-state index in [9.17, 15) is 14.7 Å². The number of piperidine rings is 1. The zero-order chi connectivity index (χ0) is 30.6. The summed E-state index contributed by atoms with van der Waals surface area (Å²) in [5, 5.41) is 17.9. The number of fused-ring (bicyclic) bond motifs is 1. The number of likely N-dealkylation sites (tertiary alicyclic amines) is 1. The van der Waals surface area contributed by atoms with Crippen molar-refractivity contribution < 1.29 is 24.2 Å². The molecule has 238 valence electrons. The average molecular weight is 598 g/mol. The highest BCUT2D eigenvalue weighted by atomic mass is 16.5. The highest BCUT2D eigenvalue weighted by Crippen LogP contribution is 2.48. The lowest BCUT2D eigenvalue weighted by Crippen LogP contribution is -2.58. The van der Waals surface area contributed by atoms with E-state index in [0.29, 0.717) is 25.5 Å². The van der Waals surface area contributed by atoms with Gasteiger partial charge >= 0.3 is 6.03 Å². The van der Waals surface area contributed by atoms with E-state index in [4.69, 9.17) is 14.5 Å². The number of urea groups is 1. The molecule has 1 saturated carbocycles. The lowest BCUT2D eigenvalue weighted by atomic mass is 9.73. The minimum Gasteiger partial charge on any atom is -0.471 e. The fourth-order valence-electron chi connectivity index (χ4n) is 6.79. The molecule has 3 N–H and O–H groups in total. The van der Waals surface area contributed by atoms with Gasteiger partial charge in [-0.25, -0.2) is 9.78 Å². The molecule has 1 aromatic rings. The van der Waals surface area contributed by atoms with Gasteiger partial charge in [-0.15, -0.1) is 6.58 Å². The lowest BCUT2D eigenvalue weighted by molar-refractivity contribution is -0.138. The summed E-state index contributed by atoms with van der Waals surface area (Å²) in [7, 11) is 0. The van der Waals surface area contributed by atoms with Crippen LogP contribution >= 0.6 is 0 Å². The summed E-state index contributed by atoms with van der Waals surface area (Å²) in [5.41, 5.74) is 2.14. The van der Waals surface area contributed by atoms with Crippen LogP contribution in [0.3, 0.4) is 0 Å². The Kier molecular flexibility index (Phi) is 9.98. The number of hydrogen-bond acceptors (Lipinski definition) is 7. The number of carbonyl (C=O) groups excluding carboxylic acids is 2. The lowest BCUT2D eigenvalue weighted by Gasteiger charge is -2.47. The molecule has 0 aromatic carbocycles. The standard InChI is InChI=1S/C33H51N5O5/c1-5-10-25(36-29(40)28-22-38(15-16-42-28)31(41)37-13-7-6-8-14-37)27(39)21-34-26-19-33(11-9-12-33)43-30-24(26)17-23(20-35-30)18-32(2,3)4/h5,17,20,25-28,34,39H,1,6-16,18-19,21-22H2,2-4H3,(H,36,40)/t25-,26-,27+,28?/m0/s1. The van der Waals surface area contributed by atoms with Crippen molar-refractivity contribution in [2.24, 2.45) is 5.41 Å². The van der Waals surface area contributed by atoms with E-state index >= 15 is 0 Å². The minimum absolute atomic E-state index is 0.0118. The van der Waals surface area contributed by atoms with E-state index in [2.05, 4.69) is 44.1 Å². The second-order valence-electron chi connectivity index (χ2n) is 14.1. The van der Waals surface area contributed by atoms with Gasteiger partial charge in [-0.2, -0.15) is 0 Å². The van der Waals surface area contributed by atoms with Crippen molar-refractivity contribution >= 4 is 11.9 Å². The Morgan fingerprint density at radius 1 is 1.19 bits per heavy atom. The number of amides is 3. The van der Waals surface area contributed by atoms with Crippen molar-refractivity contribution in [3.63, 3.8) is 0 Å². The molecule has 2 saturated heterocycles. The number of pyridine rings is 1. The Hall–Kier alpha value is -2.69. The molecule has 1 unspecified atom stereocenters. The third-order valence-electron chi connectivity index (χ3n) is 9.24. The molecule has 3 amide bonds. The normalized spacial score (nSPS) is 24.7. The predicted molar refractivity (Wildman–Crippen MR) is 165 cm³/mol. The van der Waals surface area contributed by atoms with Crippen molar-refractivity contribution in [3.8, 4) is 5.88 Å². The molecule has 43 heavy (non-hydrogen) atoms. The molecule has 3 fully saturated rings. The summed E-state index contributed by atoms with van der Waals surface area (Å²) < 4.78 is 12.2. The van der Waals surface area contributed by atoms with Gasteiger partial charge < -0.3 is 35.0 Å². The fraction of sp³-hybridized carbons (Fsp3) is 0.727. The number of carbonyl (C=O) groups is 2. The molecular weight excluding hydrogens is 546 g/mol. The first-order valence-corrected chi connectivity index (χ1v) is 16.2. The summed E-state index contributed by atoms with van der Waals surface area (Å²) in [5.74, 6) is 0.368. The van der Waals surface area contributed by atoms with Crippen LogP contribution in [-0.2, 0) is 16.0 Å². The van der Waals surface area contributed by atoms with Crippen LogP contribution < -0.4 is 15.4 Å². The largest absolute Gasteiger partial charge is 0.471 e. The van der Waals surface area contributed by atoms with Crippen molar-refractivity contribution in [1.82, 2.24) is 25.4 Å². The van der Waals surface area contributed by atoms with Crippen LogP contribution in [0.15, 0.2) is 24.9 Å². The van der Waals surface area contributed by atoms with Gasteiger partial charge in [0.2, 0.25) is 5.88 Å². The molecular formula is C33H51N5O5. The second kappa shape index (κ2) is 13.5. The maximum absolute atomic E-state index is 13.3. The Morgan fingerprint density at radius 3 is 2.63 bits per heavy atom. The number of aliphatic hydroxyl groups is 1. The van der Waals surface area contributed by atoms with Crippen LogP contribution in [0, 0.1) is 5.41 Å². The van der Waals surface area contributed by atoms with Gasteiger partial charge in [0.15, 0.2) is 6.10 Å². The van der Waals surface area contributed by atoms with Gasteiger partial charge in [-0.1, -0.05) is 26.8 Å². The van der Waals surface area contributed by atoms with E-state index < -0.39 is 18.2 Å². The third-order valence-corrected chi connectivity index (χ3v) is 9.24. The van der Waals surface area contributed by atoms with Crippen LogP contribution in [0.25, 0.3) is 0 Å². The summed E-state index contributed by atoms with van der Waals surface area (Å²) in [4.78, 5) is 34.7. The number of morpholine rings is 1.